The van der Waals surface area contributed by atoms with Crippen LogP contribution in [0.15, 0.2) is 34.3 Å². The van der Waals surface area contributed by atoms with E-state index in [9.17, 15) is 0 Å². The molecule has 1 saturated heterocycles. The van der Waals surface area contributed by atoms with Crippen molar-refractivity contribution in [2.75, 3.05) is 31.1 Å². The summed E-state index contributed by atoms with van der Waals surface area (Å²) in [6, 6.07) is 10.3. The minimum absolute atomic E-state index is 0.440. The summed E-state index contributed by atoms with van der Waals surface area (Å²) in [7, 11) is 0. The first-order valence-electron chi connectivity index (χ1n) is 9.60. The Bertz CT molecular complexity index is 686. The number of amidine groups is 1. The molecule has 2 aliphatic rings. The highest BCUT2D eigenvalue weighted by Crippen LogP contribution is 2.21. The highest BCUT2D eigenvalue weighted by Gasteiger charge is 2.19. The summed E-state index contributed by atoms with van der Waals surface area (Å²) in [6.07, 6.45) is 5.75. The maximum Gasteiger partial charge on any atom is 0.197 e. The Balaban J connectivity index is 1.58. The predicted molar refractivity (Wildman–Crippen MR) is 107 cm³/mol. The summed E-state index contributed by atoms with van der Waals surface area (Å²) in [5.41, 5.74) is 8.10. The van der Waals surface area contributed by atoms with Gasteiger partial charge in [0.15, 0.2) is 5.96 Å². The standard InChI is InChI=1S/C20H28N6/c1-2-19(23-17-5-3-4-6-17)24-20(22)26-13-11-25(12-14-26)18-9-7-16(15-21)8-10-18/h7-10,17H,2-6,11-14H2,1H3,(H2,22,23,24). The number of rotatable bonds is 3. The van der Waals surface area contributed by atoms with Crippen LogP contribution in [0.25, 0.3) is 0 Å². The van der Waals surface area contributed by atoms with E-state index in [2.05, 4.69) is 27.8 Å². The van der Waals surface area contributed by atoms with Gasteiger partial charge in [0.1, 0.15) is 5.84 Å². The normalized spacial score (nSPS) is 19.7. The van der Waals surface area contributed by atoms with Crippen LogP contribution in [0.5, 0.6) is 0 Å². The molecule has 1 aromatic rings. The molecule has 0 radical (unpaired) electrons. The van der Waals surface area contributed by atoms with Crippen molar-refractivity contribution in [3.05, 3.63) is 29.8 Å². The summed E-state index contributed by atoms with van der Waals surface area (Å²) in [6.45, 7) is 5.56. The SMILES string of the molecule is CCC(=NC1CCCC1)N=C(N)N1CCN(c2ccc(C#N)cc2)CC1. The molecule has 1 aromatic carbocycles. The van der Waals surface area contributed by atoms with Crippen LogP contribution in [0.1, 0.15) is 44.6 Å². The number of piperazine rings is 1. The molecule has 6 heteroatoms. The molecule has 1 aliphatic carbocycles. The Labute approximate surface area is 156 Å². The van der Waals surface area contributed by atoms with Crippen LogP contribution in [0.2, 0.25) is 0 Å². The highest BCUT2D eigenvalue weighted by molar-refractivity contribution is 5.95. The molecule has 2 fully saturated rings. The molecule has 2 N–H and O–H groups in total. The number of nitrogens with two attached hydrogens (primary N) is 1. The summed E-state index contributed by atoms with van der Waals surface area (Å²) in [4.78, 5) is 13.9. The van der Waals surface area contributed by atoms with Crippen molar-refractivity contribution in [1.29, 1.82) is 5.26 Å². The van der Waals surface area contributed by atoms with E-state index in [1.54, 1.807) is 0 Å². The van der Waals surface area contributed by atoms with Crippen LogP contribution in [-0.4, -0.2) is 48.9 Å². The van der Waals surface area contributed by atoms with Gasteiger partial charge >= 0.3 is 0 Å². The second kappa shape index (κ2) is 8.70. The third-order valence-corrected chi connectivity index (χ3v) is 5.18. The predicted octanol–water partition coefficient (Wildman–Crippen LogP) is 2.75. The smallest absolute Gasteiger partial charge is 0.197 e. The van der Waals surface area contributed by atoms with Crippen molar-refractivity contribution < 1.29 is 0 Å². The van der Waals surface area contributed by atoms with Crippen molar-refractivity contribution in [1.82, 2.24) is 4.90 Å². The summed E-state index contributed by atoms with van der Waals surface area (Å²) in [5, 5.41) is 8.91. The van der Waals surface area contributed by atoms with Crippen LogP contribution in [-0.2, 0) is 0 Å². The first kappa shape index (κ1) is 18.2. The summed E-state index contributed by atoms with van der Waals surface area (Å²) in [5.74, 6) is 1.46. The second-order valence-electron chi connectivity index (χ2n) is 6.94. The summed E-state index contributed by atoms with van der Waals surface area (Å²) < 4.78 is 0. The molecule has 138 valence electrons. The molecule has 0 aromatic heterocycles. The summed E-state index contributed by atoms with van der Waals surface area (Å²) >= 11 is 0. The molecule has 1 heterocycles. The Morgan fingerprint density at radius 2 is 1.81 bits per heavy atom. The van der Waals surface area contributed by atoms with Crippen LogP contribution >= 0.6 is 0 Å². The van der Waals surface area contributed by atoms with Gasteiger partial charge in [0.2, 0.25) is 0 Å². The molecule has 0 amide bonds. The van der Waals surface area contributed by atoms with E-state index in [-0.39, 0.29) is 0 Å². The van der Waals surface area contributed by atoms with E-state index in [1.807, 2.05) is 24.3 Å². The fourth-order valence-corrected chi connectivity index (χ4v) is 3.59. The van der Waals surface area contributed by atoms with Gasteiger partial charge in [0.05, 0.1) is 17.7 Å². The van der Waals surface area contributed by atoms with Crippen LogP contribution in [0.4, 0.5) is 5.69 Å². The number of guanidine groups is 1. The van der Waals surface area contributed by atoms with Gasteiger partial charge < -0.3 is 15.5 Å². The van der Waals surface area contributed by atoms with E-state index in [0.29, 0.717) is 17.6 Å². The Hall–Kier alpha value is -2.55. The maximum absolute atomic E-state index is 8.91. The van der Waals surface area contributed by atoms with Gasteiger partial charge in [0, 0.05) is 38.3 Å². The number of nitrogens with zero attached hydrogens (tertiary/aromatic N) is 5. The lowest BCUT2D eigenvalue weighted by atomic mass is 10.2. The molecule has 6 nitrogen and oxygen atoms in total. The fourth-order valence-electron chi connectivity index (χ4n) is 3.59. The van der Waals surface area contributed by atoms with Gasteiger partial charge in [-0.2, -0.15) is 5.26 Å². The van der Waals surface area contributed by atoms with Gasteiger partial charge in [-0.05, 0) is 37.1 Å². The van der Waals surface area contributed by atoms with Crippen molar-refractivity contribution in [3.63, 3.8) is 0 Å². The van der Waals surface area contributed by atoms with Crippen molar-refractivity contribution in [3.8, 4) is 6.07 Å². The molecule has 0 bridgehead atoms. The lowest BCUT2D eigenvalue weighted by Crippen LogP contribution is -2.51. The number of aliphatic imine (C=N–C) groups is 2. The molecule has 0 unspecified atom stereocenters. The molecular formula is C20H28N6. The van der Waals surface area contributed by atoms with E-state index >= 15 is 0 Å². The Morgan fingerprint density at radius 3 is 2.38 bits per heavy atom. The molecule has 1 aliphatic heterocycles. The van der Waals surface area contributed by atoms with Gasteiger partial charge in [0.25, 0.3) is 0 Å². The largest absolute Gasteiger partial charge is 0.369 e. The minimum atomic E-state index is 0.440. The Kier molecular flexibility index (Phi) is 6.11. The van der Waals surface area contributed by atoms with E-state index in [1.165, 1.54) is 25.7 Å². The molecule has 0 atom stereocenters. The highest BCUT2D eigenvalue weighted by atomic mass is 15.3. The first-order valence-corrected chi connectivity index (χ1v) is 9.60. The third kappa shape index (κ3) is 4.54. The number of nitriles is 1. The maximum atomic E-state index is 8.91. The zero-order valence-corrected chi connectivity index (χ0v) is 15.6. The van der Waals surface area contributed by atoms with Crippen LogP contribution in [0.3, 0.4) is 0 Å². The molecular weight excluding hydrogens is 324 g/mol. The zero-order chi connectivity index (χ0) is 18.4. The molecule has 1 saturated carbocycles. The Morgan fingerprint density at radius 1 is 1.15 bits per heavy atom. The van der Waals surface area contributed by atoms with Crippen molar-refractivity contribution in [2.24, 2.45) is 15.7 Å². The average molecular weight is 352 g/mol. The third-order valence-electron chi connectivity index (χ3n) is 5.18. The van der Waals surface area contributed by atoms with Crippen molar-refractivity contribution >= 4 is 17.5 Å². The van der Waals surface area contributed by atoms with Gasteiger partial charge in [-0.1, -0.05) is 19.8 Å². The quantitative estimate of drug-likeness (QED) is 0.670. The molecule has 0 spiro atoms. The topological polar surface area (TPSA) is 81.0 Å². The zero-order valence-electron chi connectivity index (χ0n) is 15.6. The number of hydrogen-bond acceptors (Lipinski definition) is 3. The fraction of sp³-hybridized carbons (Fsp3) is 0.550. The molecule has 3 rings (SSSR count). The first-order chi connectivity index (χ1) is 12.7. The van der Waals surface area contributed by atoms with E-state index in [4.69, 9.17) is 16.0 Å². The van der Waals surface area contributed by atoms with Crippen LogP contribution in [0, 0.1) is 11.3 Å². The van der Waals surface area contributed by atoms with Gasteiger partial charge in [-0.3, -0.25) is 4.99 Å². The lowest BCUT2D eigenvalue weighted by molar-refractivity contribution is 0.382. The number of hydrogen-bond donors (Lipinski definition) is 1. The van der Waals surface area contributed by atoms with E-state index in [0.717, 1.165) is 44.1 Å². The second-order valence-corrected chi connectivity index (χ2v) is 6.94. The minimum Gasteiger partial charge on any atom is -0.369 e. The van der Waals surface area contributed by atoms with Gasteiger partial charge in [-0.15, -0.1) is 0 Å². The van der Waals surface area contributed by atoms with E-state index < -0.39 is 0 Å². The monoisotopic (exact) mass is 352 g/mol. The molecule has 26 heavy (non-hydrogen) atoms. The number of anilines is 1. The van der Waals surface area contributed by atoms with Crippen LogP contribution < -0.4 is 10.6 Å². The number of benzene rings is 1. The average Bonchev–Trinajstić information content (AvgIpc) is 3.20. The van der Waals surface area contributed by atoms with Crippen molar-refractivity contribution in [2.45, 2.75) is 45.1 Å². The van der Waals surface area contributed by atoms with Gasteiger partial charge in [-0.25, -0.2) is 4.99 Å². The lowest BCUT2D eigenvalue weighted by Gasteiger charge is -2.36.